The molecule has 0 unspecified atom stereocenters. The number of thiophene rings is 1. The molecule has 2 aromatic heterocycles. The maximum atomic E-state index is 12.4. The smallest absolute Gasteiger partial charge is 0.257 e. The molecule has 1 amide bonds. The van der Waals surface area contributed by atoms with Crippen LogP contribution in [0.5, 0.6) is 5.75 Å². The van der Waals surface area contributed by atoms with E-state index in [1.165, 1.54) is 11.8 Å². The molecule has 0 aliphatic heterocycles. The van der Waals surface area contributed by atoms with Gasteiger partial charge in [-0.2, -0.15) is 0 Å². The molecular formula is C24H22N2O3S. The Hall–Kier alpha value is -3.38. The molecule has 0 saturated heterocycles. The zero-order valence-electron chi connectivity index (χ0n) is 16.6. The van der Waals surface area contributed by atoms with Gasteiger partial charge < -0.3 is 15.0 Å². The molecule has 2 aromatic carbocycles. The van der Waals surface area contributed by atoms with Crippen molar-refractivity contribution in [2.45, 2.75) is 12.8 Å². The number of aromatic nitrogens is 1. The molecule has 6 heteroatoms. The lowest BCUT2D eigenvalue weighted by Crippen LogP contribution is -2.32. The van der Waals surface area contributed by atoms with Gasteiger partial charge in [0.15, 0.2) is 12.4 Å². The van der Waals surface area contributed by atoms with Crippen molar-refractivity contribution in [3.63, 3.8) is 0 Å². The van der Waals surface area contributed by atoms with Crippen molar-refractivity contribution in [3.8, 4) is 5.75 Å². The highest BCUT2D eigenvalue weighted by Crippen LogP contribution is 2.32. The number of carbonyl (C=O) groups excluding carboxylic acids is 2. The van der Waals surface area contributed by atoms with Gasteiger partial charge in [0.05, 0.1) is 0 Å². The Morgan fingerprint density at radius 1 is 1.10 bits per heavy atom. The number of amides is 1. The summed E-state index contributed by atoms with van der Waals surface area (Å²) < 4.78 is 5.57. The minimum Gasteiger partial charge on any atom is -0.484 e. The summed E-state index contributed by atoms with van der Waals surface area (Å²) in [5, 5.41) is 6.19. The van der Waals surface area contributed by atoms with Gasteiger partial charge in [-0.05, 0) is 42.1 Å². The van der Waals surface area contributed by atoms with E-state index in [0.29, 0.717) is 17.9 Å². The molecule has 30 heavy (non-hydrogen) atoms. The number of hydrogen-bond donors (Lipinski definition) is 2. The van der Waals surface area contributed by atoms with Gasteiger partial charge in [0.25, 0.3) is 5.91 Å². The van der Waals surface area contributed by atoms with E-state index in [1.54, 1.807) is 35.6 Å². The third-order valence-corrected chi connectivity index (χ3v) is 5.98. The van der Waals surface area contributed by atoms with E-state index in [4.69, 9.17) is 4.74 Å². The molecule has 0 aliphatic rings. The van der Waals surface area contributed by atoms with Crippen LogP contribution >= 0.6 is 11.3 Å². The zero-order valence-corrected chi connectivity index (χ0v) is 17.4. The maximum Gasteiger partial charge on any atom is 0.257 e. The second kappa shape index (κ2) is 8.97. The highest BCUT2D eigenvalue weighted by Gasteiger charge is 2.20. The number of hydrogen-bond acceptors (Lipinski definition) is 4. The fourth-order valence-electron chi connectivity index (χ4n) is 3.46. The number of benzene rings is 2. The number of fused-ring (bicyclic) bond motifs is 1. The number of H-pyrrole nitrogens is 1. The summed E-state index contributed by atoms with van der Waals surface area (Å²) in [6.07, 6.45) is 2.02. The summed E-state index contributed by atoms with van der Waals surface area (Å²) in [6.45, 7) is 1.87. The lowest BCUT2D eigenvalue weighted by Gasteiger charge is -2.16. The fourth-order valence-corrected chi connectivity index (χ4v) is 4.30. The number of para-hydroxylation sites is 1. The predicted molar refractivity (Wildman–Crippen MR) is 119 cm³/mol. The Labute approximate surface area is 178 Å². The monoisotopic (exact) mass is 418 g/mol. The topological polar surface area (TPSA) is 71.2 Å². The van der Waals surface area contributed by atoms with Crippen molar-refractivity contribution in [1.29, 1.82) is 0 Å². The summed E-state index contributed by atoms with van der Waals surface area (Å²) in [5.41, 5.74) is 2.79. The molecule has 2 N–H and O–H groups in total. The Bertz CT molecular complexity index is 1160. The number of aromatic amines is 1. The number of nitrogens with one attached hydrogen (secondary N) is 2. The van der Waals surface area contributed by atoms with Crippen LogP contribution in [0.2, 0.25) is 0 Å². The quantitative estimate of drug-likeness (QED) is 0.405. The first-order chi connectivity index (χ1) is 14.6. The van der Waals surface area contributed by atoms with Crippen molar-refractivity contribution < 1.29 is 14.3 Å². The van der Waals surface area contributed by atoms with E-state index in [1.807, 2.05) is 35.8 Å². The molecule has 5 nitrogen and oxygen atoms in total. The highest BCUT2D eigenvalue weighted by molar-refractivity contribution is 7.10. The molecule has 152 valence electrons. The standard InChI is InChI=1S/C24H22N2O3S/c1-16(27)17-6-4-7-18(12-17)29-15-24(28)26-14-21(23-10-5-11-30-23)20-13-25-22-9-3-2-8-19(20)22/h2-13,21,25H,14-15H2,1H3,(H,26,28)/t21-/m0/s1. The molecule has 2 heterocycles. The van der Waals surface area contributed by atoms with Crippen molar-refractivity contribution >= 4 is 33.9 Å². The van der Waals surface area contributed by atoms with Crippen LogP contribution in [0.3, 0.4) is 0 Å². The summed E-state index contributed by atoms with van der Waals surface area (Å²) >= 11 is 1.68. The van der Waals surface area contributed by atoms with Gasteiger partial charge in [0.2, 0.25) is 0 Å². The lowest BCUT2D eigenvalue weighted by molar-refractivity contribution is -0.123. The van der Waals surface area contributed by atoms with Crippen molar-refractivity contribution in [2.75, 3.05) is 13.2 Å². The number of ether oxygens (including phenoxy) is 1. The van der Waals surface area contributed by atoms with E-state index in [9.17, 15) is 9.59 Å². The molecule has 1 atom stereocenters. The summed E-state index contributed by atoms with van der Waals surface area (Å²) in [6, 6.07) is 19.1. The van der Waals surface area contributed by atoms with Gasteiger partial charge in [0, 0.05) is 40.0 Å². The van der Waals surface area contributed by atoms with Crippen LogP contribution in [0.25, 0.3) is 10.9 Å². The van der Waals surface area contributed by atoms with E-state index in [-0.39, 0.29) is 24.2 Å². The first-order valence-electron chi connectivity index (χ1n) is 9.71. The molecule has 0 saturated carbocycles. The SMILES string of the molecule is CC(=O)c1cccc(OCC(=O)NC[C@H](c2cccs2)c2c[nH]c3ccccc23)c1. The molecule has 4 rings (SSSR count). The van der Waals surface area contributed by atoms with Crippen LogP contribution in [-0.4, -0.2) is 29.8 Å². The van der Waals surface area contributed by atoms with Crippen molar-refractivity contribution in [2.24, 2.45) is 0 Å². The largest absolute Gasteiger partial charge is 0.484 e. The van der Waals surface area contributed by atoms with Crippen LogP contribution in [0.1, 0.15) is 33.6 Å². The van der Waals surface area contributed by atoms with Gasteiger partial charge >= 0.3 is 0 Å². The molecule has 4 aromatic rings. The van der Waals surface area contributed by atoms with Crippen LogP contribution in [0, 0.1) is 0 Å². The van der Waals surface area contributed by atoms with E-state index in [2.05, 4.69) is 22.4 Å². The summed E-state index contributed by atoms with van der Waals surface area (Å²) in [7, 11) is 0. The minimum absolute atomic E-state index is 0.0394. The average Bonchev–Trinajstić information content (AvgIpc) is 3.44. The number of Topliss-reactive ketones (excluding diaryl/α,β-unsaturated/α-hetero) is 1. The molecule has 0 aliphatic carbocycles. The maximum absolute atomic E-state index is 12.4. The van der Waals surface area contributed by atoms with Gasteiger partial charge in [-0.15, -0.1) is 11.3 Å². The molecular weight excluding hydrogens is 396 g/mol. The van der Waals surface area contributed by atoms with Gasteiger partial charge in [-0.3, -0.25) is 9.59 Å². The van der Waals surface area contributed by atoms with Crippen LogP contribution < -0.4 is 10.1 Å². The number of ketones is 1. The van der Waals surface area contributed by atoms with Gasteiger partial charge in [0.1, 0.15) is 5.75 Å². The first kappa shape index (κ1) is 19.9. The summed E-state index contributed by atoms with van der Waals surface area (Å²) in [5.74, 6) is 0.308. The fraction of sp³-hybridized carbons (Fsp3) is 0.167. The van der Waals surface area contributed by atoms with E-state index < -0.39 is 0 Å². The van der Waals surface area contributed by atoms with E-state index in [0.717, 1.165) is 16.5 Å². The minimum atomic E-state index is -0.204. The number of carbonyl (C=O) groups is 2. The van der Waals surface area contributed by atoms with Crippen LogP contribution in [-0.2, 0) is 4.79 Å². The normalized spacial score (nSPS) is 11.9. The third kappa shape index (κ3) is 4.44. The van der Waals surface area contributed by atoms with Crippen molar-refractivity contribution in [3.05, 3.63) is 88.2 Å². The first-order valence-corrected chi connectivity index (χ1v) is 10.6. The Balaban J connectivity index is 1.44. The molecule has 0 radical (unpaired) electrons. The van der Waals surface area contributed by atoms with Crippen molar-refractivity contribution in [1.82, 2.24) is 10.3 Å². The molecule has 0 fully saturated rings. The Morgan fingerprint density at radius 3 is 2.77 bits per heavy atom. The van der Waals surface area contributed by atoms with Gasteiger partial charge in [-0.25, -0.2) is 0 Å². The second-order valence-electron chi connectivity index (χ2n) is 7.03. The predicted octanol–water partition coefficient (Wildman–Crippen LogP) is 4.76. The Kier molecular flexibility index (Phi) is 5.95. The van der Waals surface area contributed by atoms with E-state index >= 15 is 0 Å². The van der Waals surface area contributed by atoms with Crippen LogP contribution in [0.15, 0.2) is 72.2 Å². The number of rotatable bonds is 8. The Morgan fingerprint density at radius 2 is 1.97 bits per heavy atom. The average molecular weight is 419 g/mol. The highest BCUT2D eigenvalue weighted by atomic mass is 32.1. The molecule has 0 bridgehead atoms. The lowest BCUT2D eigenvalue weighted by atomic mass is 9.96. The van der Waals surface area contributed by atoms with Crippen LogP contribution in [0.4, 0.5) is 0 Å². The second-order valence-corrected chi connectivity index (χ2v) is 8.01. The summed E-state index contributed by atoms with van der Waals surface area (Å²) in [4.78, 5) is 28.4. The zero-order chi connectivity index (χ0) is 20.9. The third-order valence-electron chi connectivity index (χ3n) is 5.00. The van der Waals surface area contributed by atoms with Gasteiger partial charge in [-0.1, -0.05) is 36.4 Å². The molecule has 0 spiro atoms.